The van der Waals surface area contributed by atoms with Crippen molar-refractivity contribution in [2.24, 2.45) is 0 Å². The maximum absolute atomic E-state index is 13.9. The number of halogens is 3. The van der Waals surface area contributed by atoms with Crippen LogP contribution in [0.15, 0.2) is 71.6 Å². The Kier molecular flexibility index (Phi) is 10.6. The van der Waals surface area contributed by atoms with Crippen molar-refractivity contribution < 1.29 is 22.4 Å². The van der Waals surface area contributed by atoms with Gasteiger partial charge in [-0.1, -0.05) is 66.0 Å². The highest BCUT2D eigenvalue weighted by Crippen LogP contribution is 2.35. The summed E-state index contributed by atoms with van der Waals surface area (Å²) in [5.41, 5.74) is 1.43. The Morgan fingerprint density at radius 2 is 1.60 bits per heavy atom. The normalized spacial score (nSPS) is 12.9. The summed E-state index contributed by atoms with van der Waals surface area (Å²) in [6.45, 7) is 6.41. The van der Waals surface area contributed by atoms with Gasteiger partial charge in [-0.25, -0.2) is 12.8 Å². The Morgan fingerprint density at radius 1 is 0.975 bits per heavy atom. The molecule has 0 aliphatic carbocycles. The van der Waals surface area contributed by atoms with Gasteiger partial charge < -0.3 is 10.2 Å². The molecule has 0 aliphatic heterocycles. The maximum Gasteiger partial charge on any atom is 0.264 e. The molecular formula is C29H32Cl2FN3O4S. The number of sulfonamides is 1. The fraction of sp³-hybridized carbons (Fsp3) is 0.310. The van der Waals surface area contributed by atoms with Gasteiger partial charge in [0, 0.05) is 12.6 Å². The van der Waals surface area contributed by atoms with Crippen LogP contribution < -0.4 is 9.62 Å². The van der Waals surface area contributed by atoms with Crippen molar-refractivity contribution in [3.8, 4) is 0 Å². The van der Waals surface area contributed by atoms with Crippen LogP contribution in [0.4, 0.5) is 10.1 Å². The number of hydrogen-bond acceptors (Lipinski definition) is 4. The Morgan fingerprint density at radius 3 is 2.20 bits per heavy atom. The van der Waals surface area contributed by atoms with Gasteiger partial charge in [-0.15, -0.1) is 0 Å². The van der Waals surface area contributed by atoms with Gasteiger partial charge in [-0.05, 0) is 69.2 Å². The van der Waals surface area contributed by atoms with E-state index in [1.807, 2.05) is 20.8 Å². The second-order valence-corrected chi connectivity index (χ2v) is 12.2. The van der Waals surface area contributed by atoms with Crippen LogP contribution in [0.5, 0.6) is 0 Å². The molecule has 7 nitrogen and oxygen atoms in total. The summed E-state index contributed by atoms with van der Waals surface area (Å²) in [5, 5.41) is 2.93. The summed E-state index contributed by atoms with van der Waals surface area (Å²) < 4.78 is 42.2. The molecule has 0 aliphatic rings. The molecule has 3 aromatic rings. The van der Waals surface area contributed by atoms with Crippen LogP contribution in [-0.2, 0) is 26.2 Å². The van der Waals surface area contributed by atoms with E-state index in [1.165, 1.54) is 59.5 Å². The van der Waals surface area contributed by atoms with Gasteiger partial charge >= 0.3 is 0 Å². The minimum Gasteiger partial charge on any atom is -0.352 e. The van der Waals surface area contributed by atoms with Gasteiger partial charge in [-0.3, -0.25) is 13.9 Å². The summed E-state index contributed by atoms with van der Waals surface area (Å²) in [6, 6.07) is 15.1. The molecule has 3 rings (SSSR count). The fourth-order valence-electron chi connectivity index (χ4n) is 3.87. The molecule has 0 heterocycles. The first-order valence-corrected chi connectivity index (χ1v) is 14.9. The van der Waals surface area contributed by atoms with Crippen LogP contribution >= 0.6 is 23.2 Å². The van der Waals surface area contributed by atoms with E-state index in [0.29, 0.717) is 12.0 Å². The largest absolute Gasteiger partial charge is 0.352 e. The first-order valence-electron chi connectivity index (χ1n) is 12.7. The predicted octanol–water partition coefficient (Wildman–Crippen LogP) is 5.97. The highest BCUT2D eigenvalue weighted by molar-refractivity contribution is 7.92. The molecule has 40 heavy (non-hydrogen) atoms. The monoisotopic (exact) mass is 607 g/mol. The van der Waals surface area contributed by atoms with Gasteiger partial charge in [-0.2, -0.15) is 0 Å². The van der Waals surface area contributed by atoms with Crippen LogP contribution in [0.1, 0.15) is 38.3 Å². The van der Waals surface area contributed by atoms with Crippen molar-refractivity contribution in [2.45, 2.75) is 57.6 Å². The van der Waals surface area contributed by atoms with Gasteiger partial charge in [0.05, 0.1) is 20.6 Å². The van der Waals surface area contributed by atoms with Gasteiger partial charge in [0.25, 0.3) is 10.0 Å². The lowest BCUT2D eigenvalue weighted by atomic mass is 10.1. The standard InChI is InChI=1S/C29H32Cl2FN3O4S/c1-5-20(3)33-29(37)21(4)34(17-22-11-13-23(32)14-12-22)27(36)18-35(26-8-6-7-25(30)28(26)31)40(38,39)24-15-9-19(2)10-16-24/h6-16,20-21H,5,17-18H2,1-4H3,(H,33,37)/t20-,21-/m1/s1. The molecule has 214 valence electrons. The molecule has 0 spiro atoms. The number of anilines is 1. The highest BCUT2D eigenvalue weighted by atomic mass is 35.5. The number of hydrogen-bond donors (Lipinski definition) is 1. The second-order valence-electron chi connectivity index (χ2n) is 9.54. The quantitative estimate of drug-likeness (QED) is 0.291. The van der Waals surface area contributed by atoms with Crippen LogP contribution in [0, 0.1) is 12.7 Å². The molecule has 2 amide bonds. The zero-order valence-corrected chi connectivity index (χ0v) is 25.0. The second kappa shape index (κ2) is 13.5. The van der Waals surface area contributed by atoms with E-state index in [0.717, 1.165) is 9.87 Å². The van der Waals surface area contributed by atoms with E-state index in [9.17, 15) is 22.4 Å². The molecule has 0 aromatic heterocycles. The van der Waals surface area contributed by atoms with E-state index < -0.39 is 40.2 Å². The predicted molar refractivity (Wildman–Crippen MR) is 156 cm³/mol. The molecule has 0 fully saturated rings. The molecule has 0 saturated carbocycles. The zero-order chi connectivity index (χ0) is 29.6. The molecule has 0 radical (unpaired) electrons. The van der Waals surface area contributed by atoms with Crippen molar-refractivity contribution in [2.75, 3.05) is 10.8 Å². The average molecular weight is 609 g/mol. The summed E-state index contributed by atoms with van der Waals surface area (Å²) in [6.07, 6.45) is 0.681. The third kappa shape index (κ3) is 7.53. The molecule has 0 unspecified atom stereocenters. The van der Waals surface area contributed by atoms with E-state index >= 15 is 0 Å². The van der Waals surface area contributed by atoms with Gasteiger partial charge in [0.15, 0.2) is 0 Å². The van der Waals surface area contributed by atoms with Crippen LogP contribution in [0.2, 0.25) is 10.0 Å². The summed E-state index contributed by atoms with van der Waals surface area (Å²) in [4.78, 5) is 28.2. The van der Waals surface area contributed by atoms with Gasteiger partial charge in [0.1, 0.15) is 18.4 Å². The Balaban J connectivity index is 2.06. The molecule has 1 N–H and O–H groups in total. The summed E-state index contributed by atoms with van der Waals surface area (Å²) in [7, 11) is -4.29. The van der Waals surface area contributed by atoms with Crippen LogP contribution in [0.3, 0.4) is 0 Å². The van der Waals surface area contributed by atoms with Crippen LogP contribution in [-0.4, -0.2) is 43.8 Å². The lowest BCUT2D eigenvalue weighted by Crippen LogP contribution is -2.52. The number of nitrogens with zero attached hydrogens (tertiary/aromatic N) is 2. The number of aryl methyl sites for hydroxylation is 1. The fourth-order valence-corrected chi connectivity index (χ4v) is 5.74. The van der Waals surface area contributed by atoms with Crippen molar-refractivity contribution in [1.29, 1.82) is 0 Å². The SMILES string of the molecule is CC[C@@H](C)NC(=O)[C@@H](C)N(Cc1ccc(F)cc1)C(=O)CN(c1cccc(Cl)c1Cl)S(=O)(=O)c1ccc(C)cc1. The number of carbonyl (C=O) groups excluding carboxylic acids is 2. The molecule has 0 saturated heterocycles. The first kappa shape index (κ1) is 31.4. The lowest BCUT2D eigenvalue weighted by Gasteiger charge is -2.32. The van der Waals surface area contributed by atoms with Crippen molar-refractivity contribution >= 4 is 50.7 Å². The van der Waals surface area contributed by atoms with E-state index in [4.69, 9.17) is 23.2 Å². The van der Waals surface area contributed by atoms with Crippen molar-refractivity contribution in [3.63, 3.8) is 0 Å². The number of benzene rings is 3. The number of nitrogens with one attached hydrogen (secondary N) is 1. The Bertz CT molecular complexity index is 1450. The minimum absolute atomic E-state index is 0.0153. The van der Waals surface area contributed by atoms with E-state index in [-0.39, 0.29) is 33.2 Å². The summed E-state index contributed by atoms with van der Waals surface area (Å²) in [5.74, 6) is -1.52. The van der Waals surface area contributed by atoms with Crippen molar-refractivity contribution in [1.82, 2.24) is 10.2 Å². The third-order valence-corrected chi connectivity index (χ3v) is 9.11. The third-order valence-electron chi connectivity index (χ3n) is 6.52. The highest BCUT2D eigenvalue weighted by Gasteiger charge is 2.34. The maximum atomic E-state index is 13.9. The lowest BCUT2D eigenvalue weighted by molar-refractivity contribution is -0.139. The van der Waals surface area contributed by atoms with Crippen molar-refractivity contribution in [3.05, 3.63) is 93.7 Å². The molecule has 2 atom stereocenters. The Hall–Kier alpha value is -3.14. The minimum atomic E-state index is -4.29. The zero-order valence-electron chi connectivity index (χ0n) is 22.7. The Labute approximate surface area is 244 Å². The van der Waals surface area contributed by atoms with E-state index in [1.54, 1.807) is 19.1 Å². The first-order chi connectivity index (χ1) is 18.8. The molecule has 11 heteroatoms. The number of carbonyl (C=O) groups is 2. The molecule has 0 bridgehead atoms. The number of amides is 2. The van der Waals surface area contributed by atoms with Gasteiger partial charge in [0.2, 0.25) is 11.8 Å². The summed E-state index contributed by atoms with van der Waals surface area (Å²) >= 11 is 12.7. The molecular weight excluding hydrogens is 576 g/mol. The smallest absolute Gasteiger partial charge is 0.264 e. The number of rotatable bonds is 11. The average Bonchev–Trinajstić information content (AvgIpc) is 2.92. The van der Waals surface area contributed by atoms with E-state index in [2.05, 4.69) is 5.32 Å². The molecule has 3 aromatic carbocycles. The van der Waals surface area contributed by atoms with Crippen LogP contribution in [0.25, 0.3) is 0 Å². The topological polar surface area (TPSA) is 86.8 Å².